The zero-order chi connectivity index (χ0) is 14.3. The van der Waals surface area contributed by atoms with Crippen LogP contribution in [-0.2, 0) is 16.1 Å². The van der Waals surface area contributed by atoms with E-state index in [0.717, 1.165) is 5.56 Å². The number of carbonyl (C=O) groups is 1. The van der Waals surface area contributed by atoms with Crippen LogP contribution in [0.5, 0.6) is 0 Å². The highest BCUT2D eigenvalue weighted by Gasteiger charge is 2.31. The zero-order valence-electron chi connectivity index (χ0n) is 10.2. The first-order chi connectivity index (χ1) is 8.92. The van der Waals surface area contributed by atoms with E-state index in [1.165, 1.54) is 12.1 Å². The van der Waals surface area contributed by atoms with Crippen molar-refractivity contribution >= 4 is 33.5 Å². The molecule has 1 unspecified atom stereocenters. The average Bonchev–Trinajstić information content (AvgIpc) is 2.35. The maximum absolute atomic E-state index is 12.6. The Morgan fingerprint density at radius 3 is 2.58 bits per heavy atom. The minimum atomic E-state index is -1.38. The molecule has 0 aliphatic rings. The summed E-state index contributed by atoms with van der Waals surface area (Å²) in [5, 5.41) is 8.77. The summed E-state index contributed by atoms with van der Waals surface area (Å²) in [6, 6.07) is 6.11. The molecule has 1 aromatic carbocycles. The van der Waals surface area contributed by atoms with E-state index in [-0.39, 0.29) is 5.82 Å². The highest BCUT2D eigenvalue weighted by atomic mass is 79.9. The van der Waals surface area contributed by atoms with E-state index in [2.05, 4.69) is 15.9 Å². The van der Waals surface area contributed by atoms with E-state index >= 15 is 0 Å². The maximum atomic E-state index is 12.6. The van der Waals surface area contributed by atoms with Crippen LogP contribution < -0.4 is 0 Å². The van der Waals surface area contributed by atoms with Crippen LogP contribution in [0, 0.1) is 5.82 Å². The first kappa shape index (κ1) is 16.4. The van der Waals surface area contributed by atoms with E-state index in [4.69, 9.17) is 21.4 Å². The second-order valence-corrected chi connectivity index (χ2v) is 6.60. The van der Waals surface area contributed by atoms with Crippen molar-refractivity contribution in [2.75, 3.05) is 6.61 Å². The molecule has 0 aliphatic carbocycles. The largest absolute Gasteiger partial charge is 0.479 e. The monoisotopic (exact) mass is 352 g/mol. The molecule has 3 nitrogen and oxygen atoms in total. The molecular formula is C13H15BrClFO3. The molecule has 0 heterocycles. The van der Waals surface area contributed by atoms with Crippen molar-refractivity contribution in [3.05, 3.63) is 35.6 Å². The molecule has 0 aromatic heterocycles. The number of alkyl halides is 2. The lowest BCUT2D eigenvalue weighted by Gasteiger charge is -2.13. The molecule has 1 rings (SSSR count). The van der Waals surface area contributed by atoms with Gasteiger partial charge in [0.05, 0.1) is 6.61 Å². The van der Waals surface area contributed by atoms with E-state index in [1.54, 1.807) is 12.1 Å². The Kier molecular flexibility index (Phi) is 6.75. The first-order valence-electron chi connectivity index (χ1n) is 5.85. The van der Waals surface area contributed by atoms with Gasteiger partial charge in [-0.05, 0) is 37.0 Å². The van der Waals surface area contributed by atoms with Gasteiger partial charge in [-0.3, -0.25) is 0 Å². The van der Waals surface area contributed by atoms with Crippen molar-refractivity contribution in [1.29, 1.82) is 0 Å². The lowest BCUT2D eigenvalue weighted by molar-refractivity contribution is -0.137. The summed E-state index contributed by atoms with van der Waals surface area (Å²) in [6.45, 7) is 0.927. The molecule has 0 aliphatic heterocycles. The third-order valence-electron chi connectivity index (χ3n) is 2.52. The van der Waals surface area contributed by atoms with Crippen LogP contribution in [0.1, 0.15) is 24.8 Å². The minimum absolute atomic E-state index is 0.270. The predicted molar refractivity (Wildman–Crippen MR) is 75.1 cm³/mol. The second kappa shape index (κ2) is 7.82. The summed E-state index contributed by atoms with van der Waals surface area (Å²) >= 11 is 8.68. The number of hydrogen-bond donors (Lipinski definition) is 1. The number of carboxylic acids is 1. The van der Waals surface area contributed by atoms with Crippen molar-refractivity contribution in [2.45, 2.75) is 29.7 Å². The van der Waals surface area contributed by atoms with E-state index in [0.29, 0.717) is 32.5 Å². The molecule has 0 saturated carbocycles. The molecule has 1 N–H and O–H groups in total. The van der Waals surface area contributed by atoms with Gasteiger partial charge >= 0.3 is 5.97 Å². The number of carboxylic acid groups (broad SMARTS) is 1. The smallest absolute Gasteiger partial charge is 0.335 e. The molecule has 0 amide bonds. The first-order valence-corrected chi connectivity index (χ1v) is 7.02. The number of aliphatic carboxylic acids is 1. The van der Waals surface area contributed by atoms with Crippen LogP contribution in [0.25, 0.3) is 0 Å². The summed E-state index contributed by atoms with van der Waals surface area (Å²) in [5.41, 5.74) is 0.902. The molecule has 0 radical (unpaired) electrons. The molecule has 1 aromatic rings. The van der Waals surface area contributed by atoms with Gasteiger partial charge in [0.15, 0.2) is 3.78 Å². The molecule has 0 fully saturated rings. The van der Waals surface area contributed by atoms with Crippen molar-refractivity contribution in [3.63, 3.8) is 0 Å². The number of halogens is 3. The summed E-state index contributed by atoms with van der Waals surface area (Å²) in [4.78, 5) is 10.7. The van der Waals surface area contributed by atoms with Gasteiger partial charge < -0.3 is 9.84 Å². The number of rotatable bonds is 8. The van der Waals surface area contributed by atoms with Crippen molar-refractivity contribution < 1.29 is 19.0 Å². The second-order valence-electron chi connectivity index (χ2n) is 4.15. The van der Waals surface area contributed by atoms with Crippen LogP contribution in [0.3, 0.4) is 0 Å². The summed E-state index contributed by atoms with van der Waals surface area (Å²) < 4.78 is 16.7. The lowest BCUT2D eigenvalue weighted by atomic mass is 10.2. The molecule has 0 bridgehead atoms. The minimum Gasteiger partial charge on any atom is -0.479 e. The summed E-state index contributed by atoms with van der Waals surface area (Å²) in [7, 11) is 0. The number of unbranched alkanes of at least 4 members (excludes halogenated alkanes) is 1. The third kappa shape index (κ3) is 6.36. The normalized spacial score (nSPS) is 14.1. The van der Waals surface area contributed by atoms with Crippen LogP contribution >= 0.6 is 27.5 Å². The maximum Gasteiger partial charge on any atom is 0.335 e. The number of ether oxygens (including phenoxy) is 1. The molecule has 0 spiro atoms. The zero-order valence-corrected chi connectivity index (χ0v) is 12.6. The Morgan fingerprint density at radius 2 is 2.00 bits per heavy atom. The van der Waals surface area contributed by atoms with Crippen LogP contribution in [-0.4, -0.2) is 21.5 Å². The lowest BCUT2D eigenvalue weighted by Crippen LogP contribution is -2.24. The van der Waals surface area contributed by atoms with Gasteiger partial charge in [-0.15, -0.1) is 0 Å². The average molecular weight is 354 g/mol. The molecule has 1 atom stereocenters. The third-order valence-corrected chi connectivity index (χ3v) is 3.61. The highest BCUT2D eigenvalue weighted by Crippen LogP contribution is 2.29. The van der Waals surface area contributed by atoms with Crippen molar-refractivity contribution in [3.8, 4) is 0 Å². The van der Waals surface area contributed by atoms with Gasteiger partial charge in [0.25, 0.3) is 0 Å². The van der Waals surface area contributed by atoms with E-state index < -0.39 is 9.75 Å². The quantitative estimate of drug-likeness (QED) is 0.569. The number of benzene rings is 1. The van der Waals surface area contributed by atoms with E-state index in [1.807, 2.05) is 0 Å². The van der Waals surface area contributed by atoms with E-state index in [9.17, 15) is 9.18 Å². The highest BCUT2D eigenvalue weighted by molar-refractivity contribution is 9.10. The standard InChI is InChI=1S/C13H15BrClFO3/c14-13(15,12(17)18)7-1-2-8-19-9-10-3-5-11(16)6-4-10/h3-6H,1-2,7-9H2,(H,17,18). The Morgan fingerprint density at radius 1 is 1.37 bits per heavy atom. The molecular weight excluding hydrogens is 338 g/mol. The number of hydrogen-bond acceptors (Lipinski definition) is 2. The van der Waals surface area contributed by atoms with Crippen molar-refractivity contribution in [1.82, 2.24) is 0 Å². The Bertz CT molecular complexity index is 409. The molecule has 19 heavy (non-hydrogen) atoms. The van der Waals surface area contributed by atoms with Gasteiger partial charge in [0, 0.05) is 6.61 Å². The predicted octanol–water partition coefficient (Wildman–Crippen LogP) is 3.93. The Hall–Kier alpha value is -0.650. The molecule has 106 valence electrons. The Balaban J connectivity index is 2.12. The van der Waals surface area contributed by atoms with Crippen LogP contribution in [0.4, 0.5) is 4.39 Å². The van der Waals surface area contributed by atoms with Gasteiger partial charge in [-0.2, -0.15) is 0 Å². The van der Waals surface area contributed by atoms with Crippen LogP contribution in [0.2, 0.25) is 0 Å². The molecule has 0 saturated heterocycles. The van der Waals surface area contributed by atoms with Gasteiger partial charge in [-0.25, -0.2) is 9.18 Å². The van der Waals surface area contributed by atoms with Gasteiger partial charge in [0.2, 0.25) is 0 Å². The molecule has 6 heteroatoms. The summed E-state index contributed by atoms with van der Waals surface area (Å²) in [5.74, 6) is -1.35. The fourth-order valence-corrected chi connectivity index (χ4v) is 1.84. The van der Waals surface area contributed by atoms with Crippen molar-refractivity contribution in [2.24, 2.45) is 0 Å². The fraction of sp³-hybridized carbons (Fsp3) is 0.462. The van der Waals surface area contributed by atoms with Crippen LogP contribution in [0.15, 0.2) is 24.3 Å². The topological polar surface area (TPSA) is 46.5 Å². The Labute approximate surface area is 124 Å². The van der Waals surface area contributed by atoms with Gasteiger partial charge in [0.1, 0.15) is 5.82 Å². The fourth-order valence-electron chi connectivity index (χ4n) is 1.43. The summed E-state index contributed by atoms with van der Waals surface area (Å²) in [6.07, 6.45) is 1.68. The van der Waals surface area contributed by atoms with Gasteiger partial charge in [-0.1, -0.05) is 39.7 Å². The SMILES string of the molecule is O=C(O)C(Cl)(Br)CCCCOCc1ccc(F)cc1.